The molecule has 0 radical (unpaired) electrons. The van der Waals surface area contributed by atoms with Crippen molar-refractivity contribution in [3.8, 4) is 0 Å². The zero-order valence-corrected chi connectivity index (χ0v) is 7.86. The summed E-state index contributed by atoms with van der Waals surface area (Å²) in [6.45, 7) is 1.64. The van der Waals surface area contributed by atoms with Crippen LogP contribution in [0.5, 0.6) is 0 Å². The number of ketones is 1. The van der Waals surface area contributed by atoms with E-state index in [2.05, 4.69) is 9.55 Å². The molecule has 0 bridgehead atoms. The molecular weight excluding hydrogens is 164 g/mol. The van der Waals surface area contributed by atoms with Gasteiger partial charge in [-0.15, -0.1) is 0 Å². The monoisotopic (exact) mass is 178 g/mol. The standard InChI is InChI=1S/C10H14N2O/c1-8(13)2-3-10-6-11-7-12(10)9-4-5-9/h6-7,9H,2-5H2,1H3. The number of nitrogens with zero attached hydrogens (tertiary/aromatic N) is 2. The van der Waals surface area contributed by atoms with Gasteiger partial charge in [0.25, 0.3) is 0 Å². The Balaban J connectivity index is 2.02. The molecule has 0 N–H and O–H groups in total. The summed E-state index contributed by atoms with van der Waals surface area (Å²) in [7, 11) is 0. The van der Waals surface area contributed by atoms with E-state index in [4.69, 9.17) is 0 Å². The van der Waals surface area contributed by atoms with E-state index in [-0.39, 0.29) is 5.78 Å². The van der Waals surface area contributed by atoms with E-state index in [1.165, 1.54) is 18.5 Å². The van der Waals surface area contributed by atoms with Gasteiger partial charge in [-0.1, -0.05) is 0 Å². The molecule has 1 saturated carbocycles. The molecule has 0 atom stereocenters. The maximum atomic E-state index is 10.8. The van der Waals surface area contributed by atoms with E-state index < -0.39 is 0 Å². The fourth-order valence-corrected chi connectivity index (χ4v) is 1.51. The largest absolute Gasteiger partial charge is 0.332 e. The lowest BCUT2D eigenvalue weighted by atomic mass is 10.2. The number of rotatable bonds is 4. The molecule has 1 aromatic rings. The Morgan fingerprint density at radius 1 is 1.69 bits per heavy atom. The van der Waals surface area contributed by atoms with Crippen molar-refractivity contribution in [2.45, 2.75) is 38.6 Å². The summed E-state index contributed by atoms with van der Waals surface area (Å²) >= 11 is 0. The van der Waals surface area contributed by atoms with E-state index in [9.17, 15) is 4.79 Å². The number of imidazole rings is 1. The van der Waals surface area contributed by atoms with Crippen LogP contribution in [0.2, 0.25) is 0 Å². The Morgan fingerprint density at radius 2 is 2.46 bits per heavy atom. The molecule has 2 rings (SSSR count). The number of Topliss-reactive ketones (excluding diaryl/α,β-unsaturated/α-hetero) is 1. The van der Waals surface area contributed by atoms with Gasteiger partial charge < -0.3 is 9.36 Å². The molecule has 1 aliphatic rings. The minimum Gasteiger partial charge on any atom is -0.332 e. The highest BCUT2D eigenvalue weighted by molar-refractivity contribution is 5.75. The van der Waals surface area contributed by atoms with Crippen molar-refractivity contribution >= 4 is 5.78 Å². The van der Waals surface area contributed by atoms with Crippen LogP contribution in [-0.4, -0.2) is 15.3 Å². The maximum absolute atomic E-state index is 10.8. The van der Waals surface area contributed by atoms with Gasteiger partial charge in [0, 0.05) is 24.4 Å². The third-order valence-corrected chi connectivity index (χ3v) is 2.42. The van der Waals surface area contributed by atoms with E-state index in [1.54, 1.807) is 6.92 Å². The van der Waals surface area contributed by atoms with Crippen LogP contribution in [0.25, 0.3) is 0 Å². The van der Waals surface area contributed by atoms with Crippen LogP contribution in [-0.2, 0) is 11.2 Å². The molecule has 0 spiro atoms. The number of carbonyl (C=O) groups excluding carboxylic acids is 1. The average Bonchev–Trinajstić information content (AvgIpc) is 2.82. The maximum Gasteiger partial charge on any atom is 0.130 e. The lowest BCUT2D eigenvalue weighted by molar-refractivity contribution is -0.117. The molecule has 0 aromatic carbocycles. The van der Waals surface area contributed by atoms with E-state index in [1.807, 2.05) is 12.5 Å². The molecule has 13 heavy (non-hydrogen) atoms. The molecular formula is C10H14N2O. The Kier molecular flexibility index (Phi) is 2.17. The molecule has 0 unspecified atom stereocenters. The van der Waals surface area contributed by atoms with Crippen molar-refractivity contribution in [3.05, 3.63) is 18.2 Å². The smallest absolute Gasteiger partial charge is 0.130 e. The molecule has 0 aliphatic heterocycles. The summed E-state index contributed by atoms with van der Waals surface area (Å²) < 4.78 is 2.21. The van der Waals surface area contributed by atoms with Gasteiger partial charge in [-0.2, -0.15) is 0 Å². The first-order valence-electron chi connectivity index (χ1n) is 4.77. The topological polar surface area (TPSA) is 34.9 Å². The van der Waals surface area contributed by atoms with Crippen molar-refractivity contribution in [1.29, 1.82) is 0 Å². The molecule has 3 nitrogen and oxygen atoms in total. The van der Waals surface area contributed by atoms with Gasteiger partial charge in [0.05, 0.1) is 6.33 Å². The fraction of sp³-hybridized carbons (Fsp3) is 0.600. The summed E-state index contributed by atoms with van der Waals surface area (Å²) in [6.07, 6.45) is 7.77. The van der Waals surface area contributed by atoms with Crippen molar-refractivity contribution in [2.75, 3.05) is 0 Å². The Labute approximate surface area is 77.8 Å². The first-order chi connectivity index (χ1) is 6.27. The van der Waals surface area contributed by atoms with Crippen molar-refractivity contribution < 1.29 is 4.79 Å². The fourth-order valence-electron chi connectivity index (χ4n) is 1.51. The summed E-state index contributed by atoms with van der Waals surface area (Å²) in [4.78, 5) is 14.9. The summed E-state index contributed by atoms with van der Waals surface area (Å²) in [5, 5.41) is 0. The number of aromatic nitrogens is 2. The lowest BCUT2D eigenvalue weighted by Gasteiger charge is -2.04. The van der Waals surface area contributed by atoms with E-state index in [0.29, 0.717) is 12.5 Å². The number of hydrogen-bond acceptors (Lipinski definition) is 2. The Bertz CT molecular complexity index is 312. The van der Waals surface area contributed by atoms with Crippen molar-refractivity contribution in [1.82, 2.24) is 9.55 Å². The van der Waals surface area contributed by atoms with Gasteiger partial charge in [0.15, 0.2) is 0 Å². The molecule has 70 valence electrons. The van der Waals surface area contributed by atoms with Crippen LogP contribution >= 0.6 is 0 Å². The van der Waals surface area contributed by atoms with Crippen LogP contribution in [0.15, 0.2) is 12.5 Å². The predicted octanol–water partition coefficient (Wildman–Crippen LogP) is 1.74. The predicted molar refractivity (Wildman–Crippen MR) is 49.5 cm³/mol. The lowest BCUT2D eigenvalue weighted by Crippen LogP contribution is -2.01. The van der Waals surface area contributed by atoms with E-state index in [0.717, 1.165) is 6.42 Å². The molecule has 1 aromatic heterocycles. The minimum absolute atomic E-state index is 0.253. The second kappa shape index (κ2) is 3.32. The van der Waals surface area contributed by atoms with E-state index >= 15 is 0 Å². The first-order valence-corrected chi connectivity index (χ1v) is 4.77. The highest BCUT2D eigenvalue weighted by Gasteiger charge is 2.24. The van der Waals surface area contributed by atoms with Gasteiger partial charge in [0.1, 0.15) is 5.78 Å². The third kappa shape index (κ3) is 1.97. The zero-order chi connectivity index (χ0) is 9.26. The molecule has 1 heterocycles. The summed E-state index contributed by atoms with van der Waals surface area (Å²) in [5.74, 6) is 0.253. The van der Waals surface area contributed by atoms with Crippen LogP contribution in [0.1, 0.15) is 37.9 Å². The second-order valence-electron chi connectivity index (χ2n) is 3.73. The van der Waals surface area contributed by atoms with Crippen molar-refractivity contribution in [3.63, 3.8) is 0 Å². The van der Waals surface area contributed by atoms with Gasteiger partial charge in [-0.05, 0) is 26.2 Å². The molecule has 3 heteroatoms. The summed E-state index contributed by atoms with van der Waals surface area (Å²) in [5.41, 5.74) is 1.21. The van der Waals surface area contributed by atoms with Crippen molar-refractivity contribution in [2.24, 2.45) is 0 Å². The second-order valence-corrected chi connectivity index (χ2v) is 3.73. The minimum atomic E-state index is 0.253. The van der Waals surface area contributed by atoms with Gasteiger partial charge in [-0.25, -0.2) is 4.98 Å². The van der Waals surface area contributed by atoms with Crippen LogP contribution < -0.4 is 0 Å². The number of hydrogen-bond donors (Lipinski definition) is 0. The Hall–Kier alpha value is -1.12. The highest BCUT2D eigenvalue weighted by atomic mass is 16.1. The molecule has 0 amide bonds. The van der Waals surface area contributed by atoms with Crippen LogP contribution in [0.3, 0.4) is 0 Å². The SMILES string of the molecule is CC(=O)CCc1cncn1C1CC1. The quantitative estimate of drug-likeness (QED) is 0.703. The molecule has 1 fully saturated rings. The number of carbonyl (C=O) groups is 1. The van der Waals surface area contributed by atoms with Gasteiger partial charge in [-0.3, -0.25) is 0 Å². The third-order valence-electron chi connectivity index (χ3n) is 2.42. The van der Waals surface area contributed by atoms with Gasteiger partial charge >= 0.3 is 0 Å². The number of aryl methyl sites for hydroxylation is 1. The van der Waals surface area contributed by atoms with Crippen LogP contribution in [0.4, 0.5) is 0 Å². The van der Waals surface area contributed by atoms with Crippen LogP contribution in [0, 0.1) is 0 Å². The van der Waals surface area contributed by atoms with Gasteiger partial charge in [0.2, 0.25) is 0 Å². The first kappa shape index (κ1) is 8.48. The molecule has 1 aliphatic carbocycles. The normalized spacial score (nSPS) is 16.1. The molecule has 0 saturated heterocycles. The Morgan fingerprint density at radius 3 is 3.08 bits per heavy atom. The highest BCUT2D eigenvalue weighted by Crippen LogP contribution is 2.35. The average molecular weight is 178 g/mol. The zero-order valence-electron chi connectivity index (χ0n) is 7.86. The summed E-state index contributed by atoms with van der Waals surface area (Å²) in [6, 6.07) is 0.671.